The molecule has 2 aromatic carbocycles. The highest BCUT2D eigenvalue weighted by Gasteiger charge is 2.32. The third-order valence-electron chi connectivity index (χ3n) is 5.76. The number of aliphatic hydroxyl groups is 1. The fourth-order valence-corrected chi connectivity index (χ4v) is 3.82. The Kier molecular flexibility index (Phi) is 11.2. The summed E-state index contributed by atoms with van der Waals surface area (Å²) < 4.78 is 32.6. The van der Waals surface area contributed by atoms with Crippen molar-refractivity contribution in [2.45, 2.75) is 51.4 Å². The molecule has 1 fully saturated rings. The van der Waals surface area contributed by atoms with Gasteiger partial charge in [-0.25, -0.2) is 8.78 Å². The Balaban J connectivity index is 0.00000256. The molecule has 3 rings (SSSR count). The zero-order valence-corrected chi connectivity index (χ0v) is 20.5. The second-order valence-corrected chi connectivity index (χ2v) is 8.57. The van der Waals surface area contributed by atoms with Crippen molar-refractivity contribution >= 4 is 30.5 Å². The first-order chi connectivity index (χ1) is 14.2. The average Bonchev–Trinajstić information content (AvgIpc) is 2.70. The number of piperidine rings is 1. The van der Waals surface area contributed by atoms with Crippen LogP contribution in [0.4, 0.5) is 14.5 Å². The summed E-state index contributed by atoms with van der Waals surface area (Å²) in [6, 6.07) is 11.7. The highest BCUT2D eigenvalue weighted by atomic mass is 35.5. The number of benzene rings is 2. The number of hydrogen-bond donors (Lipinski definition) is 1. The van der Waals surface area contributed by atoms with Crippen LogP contribution >= 0.6 is 24.8 Å². The topological polar surface area (TPSA) is 35.9 Å². The van der Waals surface area contributed by atoms with Gasteiger partial charge in [0, 0.05) is 50.5 Å². The fraction of sp³-hybridized carbons (Fsp3) is 0.500. The van der Waals surface area contributed by atoms with E-state index in [-0.39, 0.29) is 30.9 Å². The van der Waals surface area contributed by atoms with Crippen molar-refractivity contribution in [1.29, 1.82) is 0 Å². The van der Waals surface area contributed by atoms with Gasteiger partial charge in [-0.1, -0.05) is 6.07 Å². The first-order valence-electron chi connectivity index (χ1n) is 10.6. The average molecular weight is 491 g/mol. The molecule has 32 heavy (non-hydrogen) atoms. The molecule has 1 heterocycles. The van der Waals surface area contributed by atoms with Gasteiger partial charge in [-0.3, -0.25) is 4.90 Å². The highest BCUT2D eigenvalue weighted by molar-refractivity contribution is 5.85. The van der Waals surface area contributed by atoms with Crippen LogP contribution < -0.4 is 9.64 Å². The molecule has 1 aliphatic heterocycles. The number of halogens is 4. The molecule has 1 N–H and O–H groups in total. The maximum atomic E-state index is 13.9. The van der Waals surface area contributed by atoms with E-state index >= 15 is 0 Å². The number of hydrogen-bond acceptors (Lipinski definition) is 4. The molecule has 4 nitrogen and oxygen atoms in total. The molecule has 0 unspecified atom stereocenters. The van der Waals surface area contributed by atoms with Crippen LogP contribution in [0.3, 0.4) is 0 Å². The Morgan fingerprint density at radius 1 is 1.06 bits per heavy atom. The largest absolute Gasteiger partial charge is 0.491 e. The SMILES string of the molecule is CC(C)Oc1ccc(N(C)CCC2(O)CCN(Cc3ccc(F)cc3F)CC2)cc1.Cl.Cl. The van der Waals surface area contributed by atoms with E-state index in [0.717, 1.165) is 24.0 Å². The van der Waals surface area contributed by atoms with Gasteiger partial charge in [0.15, 0.2) is 0 Å². The minimum Gasteiger partial charge on any atom is -0.491 e. The van der Waals surface area contributed by atoms with E-state index in [1.165, 1.54) is 12.1 Å². The molecule has 1 saturated heterocycles. The molecule has 0 aliphatic carbocycles. The molecule has 8 heteroatoms. The van der Waals surface area contributed by atoms with Crippen molar-refractivity contribution < 1.29 is 18.6 Å². The molecule has 2 aromatic rings. The number of rotatable bonds is 8. The Labute approximate surface area is 202 Å². The lowest BCUT2D eigenvalue weighted by Crippen LogP contribution is -2.45. The Hall–Kier alpha value is -1.60. The van der Waals surface area contributed by atoms with Crippen molar-refractivity contribution in [3.63, 3.8) is 0 Å². The predicted molar refractivity (Wildman–Crippen MR) is 130 cm³/mol. The monoisotopic (exact) mass is 490 g/mol. The van der Waals surface area contributed by atoms with Crippen LogP contribution in [0.2, 0.25) is 0 Å². The van der Waals surface area contributed by atoms with Gasteiger partial charge in [-0.2, -0.15) is 0 Å². The number of likely N-dealkylation sites (tertiary alicyclic amines) is 1. The van der Waals surface area contributed by atoms with Crippen molar-refractivity contribution in [3.05, 3.63) is 59.7 Å². The van der Waals surface area contributed by atoms with Crippen LogP contribution in [0.5, 0.6) is 5.75 Å². The molecule has 0 saturated carbocycles. The van der Waals surface area contributed by atoms with Crippen LogP contribution in [0.25, 0.3) is 0 Å². The van der Waals surface area contributed by atoms with E-state index in [9.17, 15) is 13.9 Å². The van der Waals surface area contributed by atoms with Crippen LogP contribution in [0.1, 0.15) is 38.7 Å². The minimum absolute atomic E-state index is 0. The molecule has 0 radical (unpaired) electrons. The number of nitrogens with zero attached hydrogens (tertiary/aromatic N) is 2. The van der Waals surface area contributed by atoms with Crippen molar-refractivity contribution in [2.75, 3.05) is 31.6 Å². The molecule has 0 atom stereocenters. The van der Waals surface area contributed by atoms with Gasteiger partial charge < -0.3 is 14.7 Å². The van der Waals surface area contributed by atoms with Gasteiger partial charge >= 0.3 is 0 Å². The third-order valence-corrected chi connectivity index (χ3v) is 5.76. The summed E-state index contributed by atoms with van der Waals surface area (Å²) in [7, 11) is 2.02. The van der Waals surface area contributed by atoms with Crippen molar-refractivity contribution in [3.8, 4) is 5.75 Å². The Morgan fingerprint density at radius 2 is 1.69 bits per heavy atom. The van der Waals surface area contributed by atoms with E-state index in [1.54, 1.807) is 0 Å². The van der Waals surface area contributed by atoms with Gasteiger partial charge in [0.2, 0.25) is 0 Å². The third kappa shape index (κ3) is 8.07. The molecule has 180 valence electrons. The molecular weight excluding hydrogens is 457 g/mol. The zero-order valence-electron chi connectivity index (χ0n) is 18.9. The first kappa shape index (κ1) is 28.4. The lowest BCUT2D eigenvalue weighted by Gasteiger charge is -2.39. The maximum Gasteiger partial charge on any atom is 0.130 e. The Morgan fingerprint density at radius 3 is 2.25 bits per heavy atom. The van der Waals surface area contributed by atoms with Gasteiger partial charge in [0.1, 0.15) is 17.4 Å². The molecule has 0 bridgehead atoms. The molecule has 0 aromatic heterocycles. The summed E-state index contributed by atoms with van der Waals surface area (Å²) >= 11 is 0. The van der Waals surface area contributed by atoms with Gasteiger partial charge in [-0.15, -0.1) is 24.8 Å². The predicted octanol–water partition coefficient (Wildman–Crippen LogP) is 5.45. The lowest BCUT2D eigenvalue weighted by atomic mass is 9.88. The van der Waals surface area contributed by atoms with Crippen molar-refractivity contribution in [2.24, 2.45) is 0 Å². The van der Waals surface area contributed by atoms with E-state index in [1.807, 2.05) is 45.2 Å². The fourth-order valence-electron chi connectivity index (χ4n) is 3.82. The van der Waals surface area contributed by atoms with E-state index < -0.39 is 17.2 Å². The summed E-state index contributed by atoms with van der Waals surface area (Å²) in [6.07, 6.45) is 2.11. The van der Waals surface area contributed by atoms with Crippen molar-refractivity contribution in [1.82, 2.24) is 4.90 Å². The second-order valence-electron chi connectivity index (χ2n) is 8.57. The highest BCUT2D eigenvalue weighted by Crippen LogP contribution is 2.28. The molecular formula is C24H34Cl2F2N2O2. The summed E-state index contributed by atoms with van der Waals surface area (Å²) in [5, 5.41) is 11.0. The first-order valence-corrected chi connectivity index (χ1v) is 10.6. The smallest absolute Gasteiger partial charge is 0.130 e. The van der Waals surface area contributed by atoms with Crippen LogP contribution in [-0.2, 0) is 6.54 Å². The normalized spacial score (nSPS) is 15.6. The summed E-state index contributed by atoms with van der Waals surface area (Å²) in [4.78, 5) is 4.25. The van der Waals surface area contributed by atoms with E-state index in [0.29, 0.717) is 44.5 Å². The second kappa shape index (κ2) is 12.6. The zero-order chi connectivity index (χ0) is 21.7. The molecule has 0 spiro atoms. The van der Waals surface area contributed by atoms with E-state index in [4.69, 9.17) is 4.74 Å². The molecule has 1 aliphatic rings. The molecule has 0 amide bonds. The lowest BCUT2D eigenvalue weighted by molar-refractivity contribution is -0.0277. The summed E-state index contributed by atoms with van der Waals surface area (Å²) in [6.45, 7) is 6.57. The van der Waals surface area contributed by atoms with Crippen LogP contribution in [0.15, 0.2) is 42.5 Å². The van der Waals surface area contributed by atoms with Gasteiger partial charge in [-0.05, 0) is 63.4 Å². The van der Waals surface area contributed by atoms with Crippen LogP contribution in [0, 0.1) is 11.6 Å². The van der Waals surface area contributed by atoms with Crippen LogP contribution in [-0.4, -0.2) is 48.4 Å². The maximum absolute atomic E-state index is 13.9. The Bertz CT molecular complexity index is 829. The quantitative estimate of drug-likeness (QED) is 0.533. The van der Waals surface area contributed by atoms with Gasteiger partial charge in [0.25, 0.3) is 0 Å². The van der Waals surface area contributed by atoms with Gasteiger partial charge in [0.05, 0.1) is 11.7 Å². The summed E-state index contributed by atoms with van der Waals surface area (Å²) in [5.74, 6) is -0.219. The number of anilines is 1. The summed E-state index contributed by atoms with van der Waals surface area (Å²) in [5.41, 5.74) is 0.859. The standard InChI is InChI=1S/C24H32F2N2O2.2ClH/c1-18(2)30-22-8-6-21(7-9-22)27(3)13-10-24(29)11-14-28(15-12-24)17-19-4-5-20(25)16-23(19)26;;/h4-9,16,18,29H,10-15,17H2,1-3H3;2*1H. The number of ether oxygens (including phenoxy) is 1. The van der Waals surface area contributed by atoms with E-state index in [2.05, 4.69) is 9.80 Å². The minimum atomic E-state index is -0.715.